The van der Waals surface area contributed by atoms with E-state index < -0.39 is 0 Å². The van der Waals surface area contributed by atoms with Crippen LogP contribution in [0.25, 0.3) is 0 Å². The number of phenols is 1. The molecule has 0 unspecified atom stereocenters. The fraction of sp³-hybridized carbons (Fsp3) is 0.100. The van der Waals surface area contributed by atoms with Gasteiger partial charge in [-0.3, -0.25) is 0 Å². The van der Waals surface area contributed by atoms with Gasteiger partial charge >= 0.3 is 0 Å². The number of anilines is 1. The molecule has 0 saturated heterocycles. The normalized spacial score (nSPS) is 10.5. The third-order valence-corrected chi connectivity index (χ3v) is 4.17. The van der Waals surface area contributed by atoms with E-state index in [0.717, 1.165) is 27.0 Å². The Balaban J connectivity index is 1.69. The van der Waals surface area contributed by atoms with Crippen LogP contribution in [0, 0.1) is 5.82 Å². The molecule has 0 spiro atoms. The summed E-state index contributed by atoms with van der Waals surface area (Å²) < 4.78 is 19.8. The maximum Gasteiger partial charge on any atom is 0.124 e. The summed E-state index contributed by atoms with van der Waals surface area (Å²) in [7, 11) is 0. The van der Waals surface area contributed by atoms with Crippen LogP contribution in [-0.2, 0) is 13.2 Å². The highest BCUT2D eigenvalue weighted by Crippen LogP contribution is 2.25. The minimum Gasteiger partial charge on any atom is -0.508 e. The van der Waals surface area contributed by atoms with Gasteiger partial charge in [0.15, 0.2) is 0 Å². The van der Waals surface area contributed by atoms with Crippen molar-refractivity contribution in [2.24, 2.45) is 0 Å². The van der Waals surface area contributed by atoms with Crippen molar-refractivity contribution in [1.29, 1.82) is 0 Å². The molecule has 0 aliphatic rings. The lowest BCUT2D eigenvalue weighted by molar-refractivity contribution is 0.303. The highest BCUT2D eigenvalue weighted by molar-refractivity contribution is 9.10. The summed E-state index contributed by atoms with van der Waals surface area (Å²) in [5, 5.41) is 12.6. The van der Waals surface area contributed by atoms with Gasteiger partial charge < -0.3 is 15.2 Å². The van der Waals surface area contributed by atoms with E-state index >= 15 is 0 Å². The Bertz CT molecular complexity index is 835. The molecule has 25 heavy (non-hydrogen) atoms. The first kappa shape index (κ1) is 17.3. The number of benzene rings is 3. The lowest BCUT2D eigenvalue weighted by atomic mass is 10.2. The molecule has 2 N–H and O–H groups in total. The Morgan fingerprint density at radius 2 is 1.68 bits per heavy atom. The average molecular weight is 402 g/mol. The van der Waals surface area contributed by atoms with Crippen molar-refractivity contribution in [3.8, 4) is 11.5 Å². The van der Waals surface area contributed by atoms with Crippen molar-refractivity contribution in [1.82, 2.24) is 0 Å². The molecule has 3 aromatic rings. The van der Waals surface area contributed by atoms with Crippen molar-refractivity contribution >= 4 is 21.6 Å². The molecular weight excluding hydrogens is 385 g/mol. The van der Waals surface area contributed by atoms with Gasteiger partial charge in [0, 0.05) is 22.3 Å². The number of rotatable bonds is 6. The molecule has 0 aliphatic heterocycles. The fourth-order valence-electron chi connectivity index (χ4n) is 2.35. The van der Waals surface area contributed by atoms with Crippen molar-refractivity contribution in [2.75, 3.05) is 5.32 Å². The predicted molar refractivity (Wildman–Crippen MR) is 100 cm³/mol. The minimum absolute atomic E-state index is 0.233. The van der Waals surface area contributed by atoms with Gasteiger partial charge in [-0.15, -0.1) is 0 Å². The number of phenolic OH excluding ortho intramolecular Hbond substituents is 1. The Hall–Kier alpha value is -2.53. The summed E-state index contributed by atoms with van der Waals surface area (Å²) in [6.45, 7) is 0.942. The van der Waals surface area contributed by atoms with Crippen LogP contribution in [0.2, 0.25) is 0 Å². The van der Waals surface area contributed by atoms with Gasteiger partial charge in [0.1, 0.15) is 23.9 Å². The quantitative estimate of drug-likeness (QED) is 0.536. The first-order valence-corrected chi connectivity index (χ1v) is 8.58. The average Bonchev–Trinajstić information content (AvgIpc) is 2.62. The molecule has 0 bridgehead atoms. The topological polar surface area (TPSA) is 41.5 Å². The van der Waals surface area contributed by atoms with Gasteiger partial charge in [-0.05, 0) is 60.2 Å². The molecule has 5 heteroatoms. The fourth-order valence-corrected chi connectivity index (χ4v) is 2.75. The van der Waals surface area contributed by atoms with Crippen LogP contribution in [0.5, 0.6) is 11.5 Å². The second kappa shape index (κ2) is 8.03. The molecule has 0 atom stereocenters. The second-order valence-corrected chi connectivity index (χ2v) is 6.48. The van der Waals surface area contributed by atoms with E-state index in [4.69, 9.17) is 4.74 Å². The third-order valence-electron chi connectivity index (χ3n) is 3.68. The molecule has 0 fully saturated rings. The molecular formula is C20H17BrFNO2. The molecule has 0 radical (unpaired) electrons. The summed E-state index contributed by atoms with van der Waals surface area (Å²) in [6.07, 6.45) is 0. The molecule has 128 valence electrons. The Morgan fingerprint density at radius 3 is 2.40 bits per heavy atom. The number of ether oxygens (including phenoxy) is 1. The second-order valence-electron chi connectivity index (χ2n) is 5.57. The Kier molecular flexibility index (Phi) is 5.56. The van der Waals surface area contributed by atoms with E-state index in [1.54, 1.807) is 24.3 Å². The van der Waals surface area contributed by atoms with Crippen LogP contribution in [0.3, 0.4) is 0 Å². The zero-order valence-electron chi connectivity index (χ0n) is 13.4. The van der Waals surface area contributed by atoms with E-state index in [1.165, 1.54) is 12.1 Å². The van der Waals surface area contributed by atoms with Crippen LogP contribution in [0.1, 0.15) is 11.1 Å². The van der Waals surface area contributed by atoms with Gasteiger partial charge in [-0.2, -0.15) is 0 Å². The van der Waals surface area contributed by atoms with Gasteiger partial charge in [0.2, 0.25) is 0 Å². The highest BCUT2D eigenvalue weighted by atomic mass is 79.9. The summed E-state index contributed by atoms with van der Waals surface area (Å²) in [6, 6.07) is 19.0. The molecule has 0 aromatic heterocycles. The molecule has 0 saturated carbocycles. The van der Waals surface area contributed by atoms with E-state index in [-0.39, 0.29) is 11.6 Å². The van der Waals surface area contributed by atoms with Crippen LogP contribution < -0.4 is 10.1 Å². The van der Waals surface area contributed by atoms with Crippen LogP contribution >= 0.6 is 15.9 Å². The van der Waals surface area contributed by atoms with E-state index in [2.05, 4.69) is 21.2 Å². The van der Waals surface area contributed by atoms with Crippen molar-refractivity contribution < 1.29 is 14.2 Å². The van der Waals surface area contributed by atoms with Crippen LogP contribution in [-0.4, -0.2) is 5.11 Å². The monoisotopic (exact) mass is 401 g/mol. The van der Waals surface area contributed by atoms with Gasteiger partial charge in [0.05, 0.1) is 0 Å². The number of halogens is 2. The zero-order valence-corrected chi connectivity index (χ0v) is 15.0. The first-order valence-electron chi connectivity index (χ1n) is 7.79. The van der Waals surface area contributed by atoms with Gasteiger partial charge in [-0.1, -0.05) is 28.1 Å². The summed E-state index contributed by atoms with van der Waals surface area (Å²) in [4.78, 5) is 0. The lowest BCUT2D eigenvalue weighted by Crippen LogP contribution is -2.04. The summed E-state index contributed by atoms with van der Waals surface area (Å²) in [5.74, 6) is 0.737. The molecule has 0 aliphatic carbocycles. The maximum atomic E-state index is 13.0. The van der Waals surface area contributed by atoms with Gasteiger partial charge in [-0.25, -0.2) is 4.39 Å². The Morgan fingerprint density at radius 1 is 0.960 bits per heavy atom. The van der Waals surface area contributed by atoms with Crippen molar-refractivity contribution in [3.63, 3.8) is 0 Å². The smallest absolute Gasteiger partial charge is 0.124 e. The predicted octanol–water partition coefficient (Wildman–Crippen LogP) is 5.48. The standard InChI is InChI=1S/C20H17BrFNO2/c21-16-3-10-20(25-13-14-1-4-17(22)5-2-14)15(11-16)12-23-18-6-8-19(24)9-7-18/h1-11,23-24H,12-13H2. The lowest BCUT2D eigenvalue weighted by Gasteiger charge is -2.14. The number of nitrogens with one attached hydrogen (secondary N) is 1. The minimum atomic E-state index is -0.258. The van der Waals surface area contributed by atoms with Crippen molar-refractivity contribution in [2.45, 2.75) is 13.2 Å². The van der Waals surface area contributed by atoms with E-state index in [0.29, 0.717) is 13.2 Å². The molecule has 3 nitrogen and oxygen atoms in total. The third kappa shape index (κ3) is 4.97. The zero-order chi connectivity index (χ0) is 17.6. The van der Waals surface area contributed by atoms with Crippen LogP contribution in [0.15, 0.2) is 71.2 Å². The Labute approximate surface area is 154 Å². The summed E-state index contributed by atoms with van der Waals surface area (Å²) in [5.41, 5.74) is 2.80. The SMILES string of the molecule is Oc1ccc(NCc2cc(Br)ccc2OCc2ccc(F)cc2)cc1. The van der Waals surface area contributed by atoms with E-state index in [9.17, 15) is 9.50 Å². The number of aromatic hydroxyl groups is 1. The first-order chi connectivity index (χ1) is 12.1. The largest absolute Gasteiger partial charge is 0.508 e. The van der Waals surface area contributed by atoms with Crippen molar-refractivity contribution in [3.05, 3.63) is 88.1 Å². The molecule has 3 rings (SSSR count). The summed E-state index contributed by atoms with van der Waals surface area (Å²) >= 11 is 3.48. The number of hydrogen-bond acceptors (Lipinski definition) is 3. The van der Waals surface area contributed by atoms with E-state index in [1.807, 2.05) is 30.3 Å². The van der Waals surface area contributed by atoms with Gasteiger partial charge in [0.25, 0.3) is 0 Å². The molecule has 0 heterocycles. The molecule has 0 amide bonds. The molecule has 3 aromatic carbocycles. The maximum absolute atomic E-state index is 13.0. The van der Waals surface area contributed by atoms with Crippen LogP contribution in [0.4, 0.5) is 10.1 Å². The number of hydrogen-bond donors (Lipinski definition) is 2. The highest BCUT2D eigenvalue weighted by Gasteiger charge is 2.06.